The van der Waals surface area contributed by atoms with Crippen molar-refractivity contribution < 1.29 is 28.9 Å². The summed E-state index contributed by atoms with van der Waals surface area (Å²) in [6, 6.07) is 11.2. The van der Waals surface area contributed by atoms with Crippen LogP contribution >= 0.6 is 0 Å². The minimum atomic E-state index is -0.922. The van der Waals surface area contributed by atoms with Crippen molar-refractivity contribution >= 4 is 23.0 Å². The molecule has 1 saturated carbocycles. The first-order valence-corrected chi connectivity index (χ1v) is 14.8. The van der Waals surface area contributed by atoms with Gasteiger partial charge in [0.15, 0.2) is 0 Å². The summed E-state index contributed by atoms with van der Waals surface area (Å²) in [5.74, 6) is 1.06. The quantitative estimate of drug-likeness (QED) is 0.312. The van der Waals surface area contributed by atoms with Gasteiger partial charge in [-0.25, -0.2) is 9.59 Å². The van der Waals surface area contributed by atoms with Gasteiger partial charge in [0, 0.05) is 22.5 Å². The number of alkyl carbamates (subject to hydrolysis) is 1. The highest BCUT2D eigenvalue weighted by atomic mass is 16.6. The van der Waals surface area contributed by atoms with E-state index in [0.29, 0.717) is 37.0 Å². The molecule has 2 aliphatic rings. The number of nitrogens with one attached hydrogen (secondary N) is 1. The predicted octanol–water partition coefficient (Wildman–Crippen LogP) is 7.37. The number of aromatic carboxylic acids is 1. The molecule has 1 aliphatic carbocycles. The number of nitrogens with zero attached hydrogens (tertiary/aromatic N) is 1. The highest BCUT2D eigenvalue weighted by Gasteiger charge is 2.30. The van der Waals surface area contributed by atoms with Crippen molar-refractivity contribution in [2.24, 2.45) is 5.92 Å². The third kappa shape index (κ3) is 6.31. The largest absolute Gasteiger partial charge is 0.491 e. The van der Waals surface area contributed by atoms with E-state index in [2.05, 4.69) is 16.0 Å². The number of hydrogen-bond acceptors (Lipinski definition) is 5. The predicted molar refractivity (Wildman–Crippen MR) is 159 cm³/mol. The van der Waals surface area contributed by atoms with E-state index in [-0.39, 0.29) is 12.0 Å². The van der Waals surface area contributed by atoms with Gasteiger partial charge in [0.2, 0.25) is 0 Å². The maximum absolute atomic E-state index is 12.4. The van der Waals surface area contributed by atoms with E-state index in [1.165, 1.54) is 24.8 Å². The lowest BCUT2D eigenvalue weighted by Gasteiger charge is -2.26. The Balaban J connectivity index is 1.47. The van der Waals surface area contributed by atoms with Gasteiger partial charge in [-0.2, -0.15) is 0 Å². The molecular weight excluding hydrogens is 520 g/mol. The van der Waals surface area contributed by atoms with Crippen LogP contribution in [0.15, 0.2) is 36.4 Å². The molecule has 0 spiro atoms. The van der Waals surface area contributed by atoms with Crippen molar-refractivity contribution in [3.63, 3.8) is 0 Å². The Morgan fingerprint density at radius 1 is 1.10 bits per heavy atom. The van der Waals surface area contributed by atoms with Gasteiger partial charge in [0.1, 0.15) is 30.3 Å². The van der Waals surface area contributed by atoms with Crippen LogP contribution in [-0.2, 0) is 11.3 Å². The Bertz CT molecular complexity index is 1430. The van der Waals surface area contributed by atoms with Crippen LogP contribution in [-0.4, -0.2) is 46.6 Å². The molecule has 0 saturated heterocycles. The molecular formula is C33H42N2O6. The lowest BCUT2D eigenvalue weighted by molar-refractivity contribution is 0.0468. The second kappa shape index (κ2) is 11.7. The molecule has 1 aliphatic heterocycles. The second-order valence-corrected chi connectivity index (χ2v) is 12.6. The van der Waals surface area contributed by atoms with Crippen molar-refractivity contribution in [1.29, 1.82) is 0 Å². The van der Waals surface area contributed by atoms with E-state index in [9.17, 15) is 14.7 Å². The minimum Gasteiger partial charge on any atom is -0.491 e. The van der Waals surface area contributed by atoms with Gasteiger partial charge in [-0.15, -0.1) is 0 Å². The molecule has 220 valence electrons. The first kappa shape index (κ1) is 28.8. The zero-order valence-corrected chi connectivity index (χ0v) is 24.8. The van der Waals surface area contributed by atoms with Crippen molar-refractivity contribution in [2.75, 3.05) is 13.2 Å². The fraction of sp³-hybridized carbons (Fsp3) is 0.515. The van der Waals surface area contributed by atoms with Crippen LogP contribution in [0.1, 0.15) is 88.6 Å². The molecule has 3 aromatic rings. The van der Waals surface area contributed by atoms with Gasteiger partial charge in [0.05, 0.1) is 23.8 Å². The van der Waals surface area contributed by atoms with Crippen LogP contribution in [0.5, 0.6) is 11.5 Å². The Kier molecular flexibility index (Phi) is 8.20. The minimum absolute atomic E-state index is 0.143. The molecule has 41 heavy (non-hydrogen) atoms. The van der Waals surface area contributed by atoms with Crippen molar-refractivity contribution in [2.45, 2.75) is 90.8 Å². The average Bonchev–Trinajstić information content (AvgIpc) is 3.11. The Labute approximate surface area is 242 Å². The number of ether oxygens (including phenoxy) is 3. The topological polar surface area (TPSA) is 99.0 Å². The van der Waals surface area contributed by atoms with Crippen LogP contribution in [0, 0.1) is 5.92 Å². The van der Waals surface area contributed by atoms with E-state index in [1.807, 2.05) is 52.8 Å². The number of benzene rings is 2. The zero-order valence-electron chi connectivity index (χ0n) is 24.8. The molecule has 1 atom stereocenters. The van der Waals surface area contributed by atoms with Crippen LogP contribution in [0.3, 0.4) is 0 Å². The summed E-state index contributed by atoms with van der Waals surface area (Å²) < 4.78 is 20.1. The lowest BCUT2D eigenvalue weighted by Crippen LogP contribution is -2.45. The van der Waals surface area contributed by atoms with E-state index >= 15 is 0 Å². The highest BCUT2D eigenvalue weighted by Crippen LogP contribution is 2.47. The van der Waals surface area contributed by atoms with Crippen molar-refractivity contribution in [1.82, 2.24) is 9.88 Å². The number of carbonyl (C=O) groups excluding carboxylic acids is 1. The maximum atomic E-state index is 12.4. The standard InChI is InChI=1S/C33H42N2O6/c1-20(2)26(34-32(38)41-33(3,4)5)19-40-23-12-14-25-28(18-23)39-16-15-35-27-17-22(31(36)37)11-13-24(27)29(30(25)35)21-9-7-6-8-10-21/h11-14,17-18,20-21,26H,6-10,15-16,19H2,1-5H3,(H,34,38)(H,36,37)/t26-/m1/s1. The van der Waals surface area contributed by atoms with Gasteiger partial charge < -0.3 is 29.2 Å². The van der Waals surface area contributed by atoms with Crippen LogP contribution in [0.4, 0.5) is 4.79 Å². The smallest absolute Gasteiger partial charge is 0.407 e. The third-order valence-corrected chi connectivity index (χ3v) is 8.08. The summed E-state index contributed by atoms with van der Waals surface area (Å²) in [4.78, 5) is 24.2. The molecule has 2 heterocycles. The lowest BCUT2D eigenvalue weighted by atomic mass is 9.81. The number of carboxylic acid groups (broad SMARTS) is 1. The Hall–Kier alpha value is -3.68. The summed E-state index contributed by atoms with van der Waals surface area (Å²) >= 11 is 0. The number of aromatic nitrogens is 1. The fourth-order valence-corrected chi connectivity index (χ4v) is 6.04. The van der Waals surface area contributed by atoms with Gasteiger partial charge in [-0.3, -0.25) is 0 Å². The van der Waals surface area contributed by atoms with Crippen LogP contribution in [0.25, 0.3) is 22.2 Å². The van der Waals surface area contributed by atoms with Crippen LogP contribution < -0.4 is 14.8 Å². The summed E-state index contributed by atoms with van der Waals surface area (Å²) in [7, 11) is 0. The van der Waals surface area contributed by atoms with Gasteiger partial charge in [0.25, 0.3) is 0 Å². The average molecular weight is 563 g/mol. The molecule has 1 amide bonds. The van der Waals surface area contributed by atoms with Crippen LogP contribution in [0.2, 0.25) is 0 Å². The molecule has 0 radical (unpaired) electrons. The summed E-state index contributed by atoms with van der Waals surface area (Å²) in [6.45, 7) is 11.0. The number of carboxylic acids is 1. The fourth-order valence-electron chi connectivity index (χ4n) is 6.04. The summed E-state index contributed by atoms with van der Waals surface area (Å²) in [6.07, 6.45) is 5.47. The van der Waals surface area contributed by atoms with E-state index in [0.717, 1.165) is 40.8 Å². The second-order valence-electron chi connectivity index (χ2n) is 12.6. The van der Waals surface area contributed by atoms with E-state index in [1.54, 1.807) is 12.1 Å². The highest BCUT2D eigenvalue weighted by molar-refractivity contribution is 5.98. The van der Waals surface area contributed by atoms with E-state index < -0.39 is 17.7 Å². The Morgan fingerprint density at radius 2 is 1.85 bits per heavy atom. The molecule has 0 bridgehead atoms. The maximum Gasteiger partial charge on any atom is 0.407 e. The molecule has 0 unspecified atom stereocenters. The first-order valence-electron chi connectivity index (χ1n) is 14.8. The third-order valence-electron chi connectivity index (χ3n) is 8.08. The monoisotopic (exact) mass is 562 g/mol. The molecule has 8 heteroatoms. The molecule has 1 fully saturated rings. The van der Waals surface area contributed by atoms with Crippen molar-refractivity contribution in [3.05, 3.63) is 47.5 Å². The number of hydrogen-bond donors (Lipinski definition) is 2. The molecule has 5 rings (SSSR count). The van der Waals surface area contributed by atoms with Gasteiger partial charge >= 0.3 is 12.1 Å². The zero-order chi connectivity index (χ0) is 29.3. The number of amides is 1. The number of fused-ring (bicyclic) bond motifs is 5. The number of carbonyl (C=O) groups is 2. The normalized spacial score (nSPS) is 16.3. The first-order chi connectivity index (χ1) is 19.5. The number of rotatable bonds is 7. The summed E-state index contributed by atoms with van der Waals surface area (Å²) in [5, 5.41) is 13.8. The molecule has 2 N–H and O–H groups in total. The molecule has 8 nitrogen and oxygen atoms in total. The van der Waals surface area contributed by atoms with Gasteiger partial charge in [-0.1, -0.05) is 39.2 Å². The molecule has 1 aromatic heterocycles. The molecule has 2 aromatic carbocycles. The van der Waals surface area contributed by atoms with Gasteiger partial charge in [-0.05, 0) is 75.3 Å². The SMILES string of the molecule is CC(C)[C@@H](COc1ccc2c(c1)OCCn1c-2c(C2CCCCC2)c2ccc(C(=O)O)cc21)NC(=O)OC(C)(C)C. The summed E-state index contributed by atoms with van der Waals surface area (Å²) in [5.41, 5.74) is 4.09. The van der Waals surface area contributed by atoms with E-state index in [4.69, 9.17) is 14.2 Å². The Morgan fingerprint density at radius 3 is 2.54 bits per heavy atom. The van der Waals surface area contributed by atoms with Crippen molar-refractivity contribution in [3.8, 4) is 22.8 Å².